The first-order valence-electron chi connectivity index (χ1n) is 8.65. The van der Waals surface area contributed by atoms with Crippen LogP contribution >= 0.6 is 0 Å². The maximum absolute atomic E-state index is 12.6. The zero-order valence-corrected chi connectivity index (χ0v) is 16.6. The van der Waals surface area contributed by atoms with Gasteiger partial charge in [0.05, 0.1) is 24.7 Å². The Morgan fingerprint density at radius 2 is 1.75 bits per heavy atom. The molecular weight excluding hydrogens is 368 g/mol. The summed E-state index contributed by atoms with van der Waals surface area (Å²) in [4.78, 5) is 36.9. The van der Waals surface area contributed by atoms with Gasteiger partial charge in [0.1, 0.15) is 34.0 Å². The standard InChI is InChI=1S/C20H22O8/c1-8-15(24)13(10(3)22)17-14(16(8)26-5)19(4)18(25)12(9(2)21)11(23)7-20(19,27-6)28-17/h24-25H,7H2,1-6H3. The third-order valence-corrected chi connectivity index (χ3v) is 5.76. The molecule has 28 heavy (non-hydrogen) atoms. The lowest BCUT2D eigenvalue weighted by atomic mass is 9.66. The summed E-state index contributed by atoms with van der Waals surface area (Å²) in [5.41, 5.74) is -1.48. The van der Waals surface area contributed by atoms with Gasteiger partial charge in [-0.15, -0.1) is 0 Å². The summed E-state index contributed by atoms with van der Waals surface area (Å²) in [6, 6.07) is 0. The molecule has 0 bridgehead atoms. The van der Waals surface area contributed by atoms with E-state index >= 15 is 0 Å². The first-order valence-corrected chi connectivity index (χ1v) is 8.65. The Morgan fingerprint density at radius 3 is 2.21 bits per heavy atom. The quantitative estimate of drug-likeness (QED) is 0.594. The number of benzene rings is 1. The minimum atomic E-state index is -1.72. The van der Waals surface area contributed by atoms with E-state index in [2.05, 4.69) is 0 Å². The second kappa shape index (κ2) is 6.07. The summed E-state index contributed by atoms with van der Waals surface area (Å²) >= 11 is 0. The number of phenolic OH excluding ortho intramolecular Hbond substituents is 1. The Balaban J connectivity index is 2.54. The van der Waals surface area contributed by atoms with Crippen LogP contribution in [-0.2, 0) is 19.7 Å². The van der Waals surface area contributed by atoms with Crippen LogP contribution in [0.1, 0.15) is 48.7 Å². The van der Waals surface area contributed by atoms with Crippen LogP contribution in [0.4, 0.5) is 0 Å². The lowest BCUT2D eigenvalue weighted by Crippen LogP contribution is -2.57. The molecule has 1 aromatic rings. The van der Waals surface area contributed by atoms with E-state index in [9.17, 15) is 24.6 Å². The Morgan fingerprint density at radius 1 is 1.14 bits per heavy atom. The van der Waals surface area contributed by atoms with E-state index in [1.807, 2.05) is 0 Å². The summed E-state index contributed by atoms with van der Waals surface area (Å²) in [5, 5.41) is 21.6. The van der Waals surface area contributed by atoms with E-state index in [1.165, 1.54) is 28.1 Å². The SMILES string of the molecule is COc1c(C)c(O)c(C(C)=O)c2c1C1(C)C(O)=C(C(C)=O)C(=O)CC1(OC)O2. The lowest BCUT2D eigenvalue weighted by Gasteiger charge is -2.43. The van der Waals surface area contributed by atoms with Gasteiger partial charge in [0, 0.05) is 12.7 Å². The molecular formula is C20H22O8. The van der Waals surface area contributed by atoms with Gasteiger partial charge in [-0.25, -0.2) is 0 Å². The fourth-order valence-electron chi connectivity index (χ4n) is 4.29. The van der Waals surface area contributed by atoms with Gasteiger partial charge in [-0.05, 0) is 27.7 Å². The molecule has 150 valence electrons. The smallest absolute Gasteiger partial charge is 0.234 e. The number of allylic oxidation sites excluding steroid dienone is 1. The van der Waals surface area contributed by atoms with Gasteiger partial charge >= 0.3 is 0 Å². The minimum Gasteiger partial charge on any atom is -0.510 e. The predicted molar refractivity (Wildman–Crippen MR) is 97.1 cm³/mol. The largest absolute Gasteiger partial charge is 0.510 e. The van der Waals surface area contributed by atoms with Crippen LogP contribution < -0.4 is 9.47 Å². The molecule has 1 aliphatic carbocycles. The topological polar surface area (TPSA) is 119 Å². The van der Waals surface area contributed by atoms with Crippen LogP contribution in [0.3, 0.4) is 0 Å². The van der Waals surface area contributed by atoms with Crippen molar-refractivity contribution < 1.29 is 38.8 Å². The minimum absolute atomic E-state index is 0.0408. The number of hydrogen-bond donors (Lipinski definition) is 2. The Kier molecular flexibility index (Phi) is 4.31. The molecule has 2 aliphatic rings. The number of aromatic hydroxyl groups is 1. The second-order valence-electron chi connectivity index (χ2n) is 7.21. The highest BCUT2D eigenvalue weighted by atomic mass is 16.7. The summed E-state index contributed by atoms with van der Waals surface area (Å²) in [5.74, 6) is -4.14. The number of methoxy groups -OCH3 is 2. The zero-order valence-electron chi connectivity index (χ0n) is 16.6. The summed E-state index contributed by atoms with van der Waals surface area (Å²) < 4.78 is 17.0. The van der Waals surface area contributed by atoms with Crippen LogP contribution in [0.15, 0.2) is 11.3 Å². The summed E-state index contributed by atoms with van der Waals surface area (Å²) in [7, 11) is 2.67. The molecule has 2 atom stereocenters. The van der Waals surface area contributed by atoms with Crippen molar-refractivity contribution in [2.75, 3.05) is 14.2 Å². The van der Waals surface area contributed by atoms with E-state index in [0.29, 0.717) is 0 Å². The maximum Gasteiger partial charge on any atom is 0.234 e. The molecule has 8 heteroatoms. The van der Waals surface area contributed by atoms with Crippen LogP contribution in [0, 0.1) is 6.92 Å². The summed E-state index contributed by atoms with van der Waals surface area (Å²) in [6.07, 6.45) is -0.367. The van der Waals surface area contributed by atoms with Gasteiger partial charge in [-0.3, -0.25) is 14.4 Å². The number of ketones is 3. The van der Waals surface area contributed by atoms with E-state index in [1.54, 1.807) is 13.8 Å². The van der Waals surface area contributed by atoms with Crippen molar-refractivity contribution in [3.05, 3.63) is 28.0 Å². The molecule has 0 fully saturated rings. The van der Waals surface area contributed by atoms with Gasteiger partial charge < -0.3 is 24.4 Å². The molecule has 1 aromatic carbocycles. The van der Waals surface area contributed by atoms with Crippen molar-refractivity contribution in [3.8, 4) is 17.2 Å². The van der Waals surface area contributed by atoms with Gasteiger partial charge in [0.2, 0.25) is 5.79 Å². The number of rotatable bonds is 4. The average molecular weight is 390 g/mol. The number of fused-ring (bicyclic) bond motifs is 3. The molecule has 1 aliphatic heterocycles. The highest BCUT2D eigenvalue weighted by Crippen LogP contribution is 2.63. The van der Waals surface area contributed by atoms with Crippen LogP contribution in [0.2, 0.25) is 0 Å². The number of ether oxygens (including phenoxy) is 3. The predicted octanol–water partition coefficient (Wildman–Crippen LogP) is 2.28. The highest BCUT2D eigenvalue weighted by Gasteiger charge is 2.67. The van der Waals surface area contributed by atoms with E-state index in [0.717, 1.165) is 0 Å². The lowest BCUT2D eigenvalue weighted by molar-refractivity contribution is -0.199. The molecule has 1 heterocycles. The molecule has 0 saturated heterocycles. The van der Waals surface area contributed by atoms with E-state index in [4.69, 9.17) is 14.2 Å². The van der Waals surface area contributed by atoms with Crippen molar-refractivity contribution in [3.63, 3.8) is 0 Å². The average Bonchev–Trinajstić information content (AvgIpc) is 2.86. The third kappa shape index (κ3) is 2.12. The highest BCUT2D eigenvalue weighted by molar-refractivity contribution is 6.21. The number of carbonyl (C=O) groups is 3. The van der Waals surface area contributed by atoms with E-state index < -0.39 is 34.3 Å². The molecule has 0 spiro atoms. The van der Waals surface area contributed by atoms with Crippen molar-refractivity contribution >= 4 is 17.3 Å². The van der Waals surface area contributed by atoms with Crippen molar-refractivity contribution in [1.82, 2.24) is 0 Å². The molecule has 0 radical (unpaired) electrons. The normalized spacial score (nSPS) is 25.9. The zero-order chi connectivity index (χ0) is 21.2. The number of phenols is 1. The van der Waals surface area contributed by atoms with E-state index in [-0.39, 0.29) is 45.9 Å². The number of Topliss-reactive ketones (excluding diaryl/α,β-unsaturated/α-hetero) is 3. The first kappa shape index (κ1) is 19.9. The Labute approximate surface area is 161 Å². The van der Waals surface area contributed by atoms with Crippen LogP contribution in [0.5, 0.6) is 17.2 Å². The molecule has 2 unspecified atom stereocenters. The molecule has 0 aromatic heterocycles. The van der Waals surface area contributed by atoms with Gasteiger partial charge in [0.25, 0.3) is 0 Å². The third-order valence-electron chi connectivity index (χ3n) is 5.76. The van der Waals surface area contributed by atoms with Crippen molar-refractivity contribution in [1.29, 1.82) is 0 Å². The van der Waals surface area contributed by atoms with Crippen LogP contribution in [-0.4, -0.2) is 47.6 Å². The fourth-order valence-corrected chi connectivity index (χ4v) is 4.29. The number of aliphatic hydroxyl groups excluding tert-OH is 1. The van der Waals surface area contributed by atoms with Crippen molar-refractivity contribution in [2.45, 2.75) is 45.3 Å². The molecule has 0 amide bonds. The monoisotopic (exact) mass is 390 g/mol. The Bertz CT molecular complexity index is 973. The number of carbonyl (C=O) groups excluding carboxylic acids is 3. The second-order valence-corrected chi connectivity index (χ2v) is 7.21. The molecule has 8 nitrogen and oxygen atoms in total. The van der Waals surface area contributed by atoms with Gasteiger partial charge in [0.15, 0.2) is 17.3 Å². The summed E-state index contributed by atoms with van der Waals surface area (Å²) in [6.45, 7) is 5.55. The number of aliphatic hydroxyl groups is 1. The Hall–Kier alpha value is -2.87. The van der Waals surface area contributed by atoms with Gasteiger partial charge in [-0.1, -0.05) is 0 Å². The number of hydrogen-bond acceptors (Lipinski definition) is 8. The fraction of sp³-hybridized carbons (Fsp3) is 0.450. The molecule has 3 rings (SSSR count). The van der Waals surface area contributed by atoms with Gasteiger partial charge in [-0.2, -0.15) is 0 Å². The molecule has 2 N–H and O–H groups in total. The van der Waals surface area contributed by atoms with Crippen molar-refractivity contribution in [2.24, 2.45) is 0 Å². The first-order chi connectivity index (χ1) is 13.0. The maximum atomic E-state index is 12.6. The molecule has 0 saturated carbocycles. The van der Waals surface area contributed by atoms with Crippen LogP contribution in [0.25, 0.3) is 0 Å².